The number of nitrogens with zero attached hydrogens (tertiary/aromatic N) is 1. The Hall–Kier alpha value is -1.06. The number of nitrogens with one attached hydrogen (secondary N) is 1. The number of fused-ring (bicyclic) bond motifs is 1. The first kappa shape index (κ1) is 15.0. The van der Waals surface area contributed by atoms with Crippen LogP contribution in [0.15, 0.2) is 18.2 Å². The van der Waals surface area contributed by atoms with Crippen molar-refractivity contribution >= 4 is 18.3 Å². The van der Waals surface area contributed by atoms with E-state index in [9.17, 15) is 4.79 Å². The summed E-state index contributed by atoms with van der Waals surface area (Å²) in [7, 11) is 3.75. The maximum Gasteiger partial charge on any atom is 0.253 e. The molecule has 0 atom stereocenters. The van der Waals surface area contributed by atoms with E-state index in [2.05, 4.69) is 17.4 Å². The Balaban J connectivity index is 0.00000162. The Bertz CT molecular complexity index is 420. The minimum atomic E-state index is 0. The topological polar surface area (TPSA) is 32.3 Å². The molecule has 0 saturated carbocycles. The molecule has 1 N–H and O–H groups in total. The lowest BCUT2D eigenvalue weighted by Gasteiger charge is -2.17. The average molecular weight is 269 g/mol. The molecule has 1 aliphatic rings. The third kappa shape index (κ3) is 3.24. The van der Waals surface area contributed by atoms with E-state index in [0.717, 1.165) is 25.1 Å². The van der Waals surface area contributed by atoms with E-state index < -0.39 is 0 Å². The largest absolute Gasteiger partial charge is 0.340 e. The van der Waals surface area contributed by atoms with Gasteiger partial charge >= 0.3 is 0 Å². The Morgan fingerprint density at radius 1 is 1.33 bits per heavy atom. The first-order valence-corrected chi connectivity index (χ1v) is 6.24. The molecular weight excluding hydrogens is 248 g/mol. The molecule has 1 aromatic rings. The molecule has 0 spiro atoms. The molecule has 0 aliphatic heterocycles. The predicted molar refractivity (Wildman–Crippen MR) is 76.6 cm³/mol. The summed E-state index contributed by atoms with van der Waals surface area (Å²) in [6.45, 7) is 1.57. The number of amides is 1. The van der Waals surface area contributed by atoms with Crippen LogP contribution >= 0.6 is 12.4 Å². The lowest BCUT2D eigenvalue weighted by molar-refractivity contribution is 0.0797. The normalized spacial score (nSPS) is 12.8. The standard InChI is InChI=1S/C14H20N2O.ClH/c1-15-8-9-16(2)14(17)13-7-6-11-4-3-5-12(11)10-13;/h6-7,10,15H,3-5,8-9H2,1-2H3;1H. The summed E-state index contributed by atoms with van der Waals surface area (Å²) >= 11 is 0. The van der Waals surface area contributed by atoms with Crippen LogP contribution in [0, 0.1) is 0 Å². The smallest absolute Gasteiger partial charge is 0.253 e. The Kier molecular flexibility index (Phi) is 5.63. The molecule has 0 aromatic heterocycles. The van der Waals surface area contributed by atoms with Gasteiger partial charge in [-0.05, 0) is 49.6 Å². The second-order valence-electron chi connectivity index (χ2n) is 4.67. The fraction of sp³-hybridized carbons (Fsp3) is 0.500. The first-order chi connectivity index (χ1) is 8.22. The number of carbonyl (C=O) groups is 1. The molecule has 0 unspecified atom stereocenters. The molecule has 4 heteroatoms. The van der Waals surface area contributed by atoms with E-state index in [0.29, 0.717) is 0 Å². The van der Waals surface area contributed by atoms with Crippen molar-refractivity contribution < 1.29 is 4.79 Å². The summed E-state index contributed by atoms with van der Waals surface area (Å²) in [5, 5.41) is 3.05. The SMILES string of the molecule is CNCCN(C)C(=O)c1ccc2c(c1)CCC2.Cl. The minimum Gasteiger partial charge on any atom is -0.340 e. The number of hydrogen-bond donors (Lipinski definition) is 1. The highest BCUT2D eigenvalue weighted by Crippen LogP contribution is 2.23. The molecule has 1 amide bonds. The second kappa shape index (κ2) is 6.76. The van der Waals surface area contributed by atoms with Gasteiger partial charge in [-0.25, -0.2) is 0 Å². The van der Waals surface area contributed by atoms with Gasteiger partial charge in [0.15, 0.2) is 0 Å². The molecule has 0 radical (unpaired) electrons. The highest BCUT2D eigenvalue weighted by atomic mass is 35.5. The van der Waals surface area contributed by atoms with E-state index in [4.69, 9.17) is 0 Å². The molecule has 0 bridgehead atoms. The van der Waals surface area contributed by atoms with Gasteiger partial charge in [0.1, 0.15) is 0 Å². The van der Waals surface area contributed by atoms with Crippen molar-refractivity contribution in [3.8, 4) is 0 Å². The van der Waals surface area contributed by atoms with Crippen LogP contribution < -0.4 is 5.32 Å². The van der Waals surface area contributed by atoms with Crippen molar-refractivity contribution in [1.29, 1.82) is 0 Å². The third-order valence-corrected chi connectivity index (χ3v) is 3.39. The van der Waals surface area contributed by atoms with Gasteiger partial charge in [0.25, 0.3) is 5.91 Å². The van der Waals surface area contributed by atoms with E-state index in [1.807, 2.05) is 20.2 Å². The molecular formula is C14H21ClN2O. The van der Waals surface area contributed by atoms with E-state index in [-0.39, 0.29) is 18.3 Å². The summed E-state index contributed by atoms with van der Waals surface area (Å²) in [6.07, 6.45) is 3.51. The molecule has 2 rings (SSSR count). The van der Waals surface area contributed by atoms with E-state index in [1.165, 1.54) is 24.0 Å². The molecule has 3 nitrogen and oxygen atoms in total. The van der Waals surface area contributed by atoms with Crippen LogP contribution in [-0.4, -0.2) is 38.0 Å². The fourth-order valence-corrected chi connectivity index (χ4v) is 2.31. The van der Waals surface area contributed by atoms with Crippen LogP contribution in [0.5, 0.6) is 0 Å². The van der Waals surface area contributed by atoms with Crippen molar-refractivity contribution in [2.75, 3.05) is 27.2 Å². The lowest BCUT2D eigenvalue weighted by atomic mass is 10.1. The van der Waals surface area contributed by atoms with Gasteiger partial charge < -0.3 is 10.2 Å². The summed E-state index contributed by atoms with van der Waals surface area (Å²) in [5.41, 5.74) is 3.60. The molecule has 1 aliphatic carbocycles. The molecule has 0 saturated heterocycles. The Labute approximate surface area is 115 Å². The average Bonchev–Trinajstić information content (AvgIpc) is 2.81. The quantitative estimate of drug-likeness (QED) is 0.905. The summed E-state index contributed by atoms with van der Waals surface area (Å²) in [5.74, 6) is 0.120. The number of halogens is 1. The summed E-state index contributed by atoms with van der Waals surface area (Å²) in [4.78, 5) is 13.9. The van der Waals surface area contributed by atoms with Crippen molar-refractivity contribution in [2.45, 2.75) is 19.3 Å². The second-order valence-corrected chi connectivity index (χ2v) is 4.67. The monoisotopic (exact) mass is 268 g/mol. The van der Waals surface area contributed by atoms with Crippen molar-refractivity contribution in [2.24, 2.45) is 0 Å². The number of hydrogen-bond acceptors (Lipinski definition) is 2. The highest BCUT2D eigenvalue weighted by molar-refractivity contribution is 5.94. The van der Waals surface area contributed by atoms with Crippen LogP contribution in [0.4, 0.5) is 0 Å². The van der Waals surface area contributed by atoms with Crippen LogP contribution in [0.2, 0.25) is 0 Å². The van der Waals surface area contributed by atoms with Gasteiger partial charge in [-0.3, -0.25) is 4.79 Å². The van der Waals surface area contributed by atoms with Gasteiger partial charge in [0, 0.05) is 25.7 Å². The molecule has 0 fully saturated rings. The van der Waals surface area contributed by atoms with Crippen LogP contribution in [0.1, 0.15) is 27.9 Å². The predicted octanol–water partition coefficient (Wildman–Crippen LogP) is 1.89. The van der Waals surface area contributed by atoms with Crippen LogP contribution in [0.3, 0.4) is 0 Å². The van der Waals surface area contributed by atoms with E-state index in [1.54, 1.807) is 4.90 Å². The number of carbonyl (C=O) groups excluding carboxylic acids is 1. The van der Waals surface area contributed by atoms with Gasteiger partial charge in [-0.15, -0.1) is 12.4 Å². The van der Waals surface area contributed by atoms with E-state index >= 15 is 0 Å². The maximum absolute atomic E-state index is 12.1. The van der Waals surface area contributed by atoms with Gasteiger partial charge in [0.2, 0.25) is 0 Å². The number of likely N-dealkylation sites (N-methyl/N-ethyl adjacent to an activating group) is 2. The Morgan fingerprint density at radius 3 is 2.78 bits per heavy atom. The number of rotatable bonds is 4. The van der Waals surface area contributed by atoms with Crippen molar-refractivity contribution in [3.05, 3.63) is 34.9 Å². The zero-order valence-electron chi connectivity index (χ0n) is 11.0. The van der Waals surface area contributed by atoms with Crippen molar-refractivity contribution in [3.63, 3.8) is 0 Å². The molecule has 18 heavy (non-hydrogen) atoms. The third-order valence-electron chi connectivity index (χ3n) is 3.39. The van der Waals surface area contributed by atoms with Gasteiger partial charge in [-0.1, -0.05) is 6.07 Å². The fourth-order valence-electron chi connectivity index (χ4n) is 2.31. The van der Waals surface area contributed by atoms with Gasteiger partial charge in [-0.2, -0.15) is 0 Å². The first-order valence-electron chi connectivity index (χ1n) is 6.24. The minimum absolute atomic E-state index is 0. The molecule has 1 aromatic carbocycles. The summed E-state index contributed by atoms with van der Waals surface area (Å²) < 4.78 is 0. The Morgan fingerprint density at radius 2 is 2.06 bits per heavy atom. The zero-order chi connectivity index (χ0) is 12.3. The number of benzene rings is 1. The highest BCUT2D eigenvalue weighted by Gasteiger charge is 2.15. The van der Waals surface area contributed by atoms with Gasteiger partial charge in [0.05, 0.1) is 0 Å². The molecule has 0 heterocycles. The maximum atomic E-state index is 12.1. The van der Waals surface area contributed by atoms with Crippen molar-refractivity contribution in [1.82, 2.24) is 10.2 Å². The molecule has 100 valence electrons. The lowest BCUT2D eigenvalue weighted by Crippen LogP contribution is -2.32. The van der Waals surface area contributed by atoms with Crippen LogP contribution in [-0.2, 0) is 12.8 Å². The summed E-state index contributed by atoms with van der Waals surface area (Å²) in [6, 6.07) is 6.14. The van der Waals surface area contributed by atoms with Crippen LogP contribution in [0.25, 0.3) is 0 Å². The zero-order valence-corrected chi connectivity index (χ0v) is 11.8. The number of aryl methyl sites for hydroxylation is 2.